The first kappa shape index (κ1) is 14.1. The van der Waals surface area contributed by atoms with Gasteiger partial charge in [0.1, 0.15) is 5.82 Å². The second-order valence-corrected chi connectivity index (χ2v) is 4.88. The Kier molecular flexibility index (Phi) is 4.03. The van der Waals surface area contributed by atoms with Crippen LogP contribution < -0.4 is 10.2 Å². The highest BCUT2D eigenvalue weighted by Crippen LogP contribution is 2.18. The fourth-order valence-electron chi connectivity index (χ4n) is 1.84. The molecule has 0 heterocycles. The van der Waals surface area contributed by atoms with E-state index in [2.05, 4.69) is 5.32 Å². The van der Waals surface area contributed by atoms with Gasteiger partial charge >= 0.3 is 0 Å². The zero-order valence-corrected chi connectivity index (χ0v) is 11.8. The number of hydrogen-bond acceptors (Lipinski definition) is 2. The third kappa shape index (κ3) is 3.15. The number of amides is 1. The molecule has 2 aromatic rings. The van der Waals surface area contributed by atoms with Crippen LogP contribution in [0.5, 0.6) is 0 Å². The molecule has 0 saturated carbocycles. The van der Waals surface area contributed by atoms with Gasteiger partial charge in [-0.3, -0.25) is 4.79 Å². The minimum absolute atomic E-state index is 0.191. The molecule has 0 atom stereocenters. The smallest absolute Gasteiger partial charge is 0.255 e. The summed E-state index contributed by atoms with van der Waals surface area (Å²) >= 11 is 0. The van der Waals surface area contributed by atoms with E-state index in [9.17, 15) is 9.18 Å². The first-order chi connectivity index (χ1) is 9.47. The van der Waals surface area contributed by atoms with E-state index in [0.29, 0.717) is 5.56 Å². The molecular weight excluding hydrogens is 255 g/mol. The van der Waals surface area contributed by atoms with E-state index >= 15 is 0 Å². The molecular formula is C16H17FN2O. The summed E-state index contributed by atoms with van der Waals surface area (Å²) in [6.45, 7) is 1.80. The molecule has 20 heavy (non-hydrogen) atoms. The van der Waals surface area contributed by atoms with Gasteiger partial charge in [0, 0.05) is 25.3 Å². The molecule has 1 N–H and O–H groups in total. The largest absolute Gasteiger partial charge is 0.378 e. The molecule has 3 nitrogen and oxygen atoms in total. The maximum Gasteiger partial charge on any atom is 0.255 e. The van der Waals surface area contributed by atoms with E-state index in [1.807, 2.05) is 25.1 Å². The SMILES string of the molecule is Cc1ccc(NC(=O)c2cccc(N(C)C)c2)c(F)c1. The Morgan fingerprint density at radius 2 is 1.90 bits per heavy atom. The van der Waals surface area contributed by atoms with Crippen molar-refractivity contribution in [3.63, 3.8) is 0 Å². The average Bonchev–Trinajstić information content (AvgIpc) is 2.42. The van der Waals surface area contributed by atoms with Gasteiger partial charge in [-0.15, -0.1) is 0 Å². The maximum atomic E-state index is 13.7. The van der Waals surface area contributed by atoms with Crippen LogP contribution >= 0.6 is 0 Å². The molecule has 0 unspecified atom stereocenters. The molecule has 0 aliphatic carbocycles. The molecule has 0 radical (unpaired) electrons. The number of carbonyl (C=O) groups excluding carboxylic acids is 1. The van der Waals surface area contributed by atoms with Gasteiger partial charge in [0.2, 0.25) is 0 Å². The van der Waals surface area contributed by atoms with Gasteiger partial charge in [0.05, 0.1) is 5.69 Å². The van der Waals surface area contributed by atoms with Crippen LogP contribution in [-0.4, -0.2) is 20.0 Å². The van der Waals surface area contributed by atoms with E-state index in [4.69, 9.17) is 0 Å². The van der Waals surface area contributed by atoms with Crippen molar-refractivity contribution in [1.29, 1.82) is 0 Å². The lowest BCUT2D eigenvalue weighted by molar-refractivity contribution is 0.102. The lowest BCUT2D eigenvalue weighted by Gasteiger charge is -2.13. The Morgan fingerprint density at radius 3 is 2.55 bits per heavy atom. The number of anilines is 2. The van der Waals surface area contributed by atoms with Gasteiger partial charge in [-0.1, -0.05) is 12.1 Å². The van der Waals surface area contributed by atoms with E-state index in [0.717, 1.165) is 11.3 Å². The van der Waals surface area contributed by atoms with Crippen LogP contribution in [0.25, 0.3) is 0 Å². The summed E-state index contributed by atoms with van der Waals surface area (Å²) in [5, 5.41) is 2.59. The van der Waals surface area contributed by atoms with E-state index < -0.39 is 5.82 Å². The van der Waals surface area contributed by atoms with Gasteiger partial charge in [-0.2, -0.15) is 0 Å². The standard InChI is InChI=1S/C16H17FN2O/c1-11-7-8-15(14(17)9-11)18-16(20)12-5-4-6-13(10-12)19(2)3/h4-10H,1-3H3,(H,18,20). The number of benzene rings is 2. The second kappa shape index (κ2) is 5.74. The topological polar surface area (TPSA) is 32.3 Å². The first-order valence-electron chi connectivity index (χ1n) is 6.32. The molecule has 2 rings (SSSR count). The van der Waals surface area contributed by atoms with E-state index in [-0.39, 0.29) is 11.6 Å². The molecule has 0 saturated heterocycles. The van der Waals surface area contributed by atoms with Crippen LogP contribution in [0, 0.1) is 12.7 Å². The fraction of sp³-hybridized carbons (Fsp3) is 0.188. The quantitative estimate of drug-likeness (QED) is 0.928. The predicted octanol–water partition coefficient (Wildman–Crippen LogP) is 3.45. The van der Waals surface area contributed by atoms with Gasteiger partial charge in [0.15, 0.2) is 0 Å². The number of aryl methyl sites for hydroxylation is 1. The zero-order valence-electron chi connectivity index (χ0n) is 11.8. The second-order valence-electron chi connectivity index (χ2n) is 4.88. The highest BCUT2D eigenvalue weighted by molar-refractivity contribution is 6.04. The van der Waals surface area contributed by atoms with Crippen molar-refractivity contribution in [3.8, 4) is 0 Å². The minimum Gasteiger partial charge on any atom is -0.378 e. The molecule has 2 aromatic carbocycles. The summed E-state index contributed by atoms with van der Waals surface area (Å²) in [7, 11) is 3.80. The number of nitrogens with zero attached hydrogens (tertiary/aromatic N) is 1. The van der Waals surface area contributed by atoms with Crippen LogP contribution in [0.3, 0.4) is 0 Å². The van der Waals surface area contributed by atoms with E-state index in [1.165, 1.54) is 6.07 Å². The summed E-state index contributed by atoms with van der Waals surface area (Å²) in [4.78, 5) is 14.0. The van der Waals surface area contributed by atoms with Crippen LogP contribution in [0.1, 0.15) is 15.9 Å². The van der Waals surface area contributed by atoms with Crippen molar-refractivity contribution in [2.45, 2.75) is 6.92 Å². The number of rotatable bonds is 3. The van der Waals surface area contributed by atoms with Crippen molar-refractivity contribution in [3.05, 3.63) is 59.4 Å². The van der Waals surface area contributed by atoms with Crippen LogP contribution in [0.4, 0.5) is 15.8 Å². The molecule has 104 valence electrons. The normalized spacial score (nSPS) is 10.2. The van der Waals surface area contributed by atoms with Crippen molar-refractivity contribution in [2.75, 3.05) is 24.3 Å². The Bertz CT molecular complexity index is 638. The van der Waals surface area contributed by atoms with Crippen LogP contribution in [0.15, 0.2) is 42.5 Å². The molecule has 0 fully saturated rings. The summed E-state index contributed by atoms with van der Waals surface area (Å²) in [6.07, 6.45) is 0. The highest BCUT2D eigenvalue weighted by atomic mass is 19.1. The third-order valence-corrected chi connectivity index (χ3v) is 3.00. The van der Waals surface area contributed by atoms with Crippen LogP contribution in [-0.2, 0) is 0 Å². The minimum atomic E-state index is -0.429. The van der Waals surface area contributed by atoms with Crippen molar-refractivity contribution < 1.29 is 9.18 Å². The van der Waals surface area contributed by atoms with Crippen molar-refractivity contribution in [1.82, 2.24) is 0 Å². The Balaban J connectivity index is 2.21. The Hall–Kier alpha value is -2.36. The van der Waals surface area contributed by atoms with Gasteiger partial charge in [-0.05, 0) is 42.8 Å². The Morgan fingerprint density at radius 1 is 1.15 bits per heavy atom. The number of carbonyl (C=O) groups is 1. The lowest BCUT2D eigenvalue weighted by atomic mass is 10.1. The molecule has 0 aliphatic heterocycles. The van der Waals surface area contributed by atoms with Crippen molar-refractivity contribution in [2.24, 2.45) is 0 Å². The fourth-order valence-corrected chi connectivity index (χ4v) is 1.84. The summed E-state index contributed by atoms with van der Waals surface area (Å²) in [6, 6.07) is 11.9. The first-order valence-corrected chi connectivity index (χ1v) is 6.32. The molecule has 1 amide bonds. The van der Waals surface area contributed by atoms with Crippen LogP contribution in [0.2, 0.25) is 0 Å². The maximum absolute atomic E-state index is 13.7. The highest BCUT2D eigenvalue weighted by Gasteiger charge is 2.10. The lowest BCUT2D eigenvalue weighted by Crippen LogP contribution is -2.15. The number of hydrogen-bond donors (Lipinski definition) is 1. The summed E-state index contributed by atoms with van der Waals surface area (Å²) in [5.41, 5.74) is 2.42. The monoisotopic (exact) mass is 272 g/mol. The Labute approximate surface area is 118 Å². The summed E-state index contributed by atoms with van der Waals surface area (Å²) < 4.78 is 13.7. The predicted molar refractivity (Wildman–Crippen MR) is 79.9 cm³/mol. The number of nitrogens with one attached hydrogen (secondary N) is 1. The zero-order chi connectivity index (χ0) is 14.7. The van der Waals surface area contributed by atoms with Crippen molar-refractivity contribution >= 4 is 17.3 Å². The molecule has 0 aliphatic rings. The average molecular weight is 272 g/mol. The molecule has 0 spiro atoms. The van der Waals surface area contributed by atoms with Gasteiger partial charge in [-0.25, -0.2) is 4.39 Å². The summed E-state index contributed by atoms with van der Waals surface area (Å²) in [5.74, 6) is -0.751. The van der Waals surface area contributed by atoms with Gasteiger partial charge < -0.3 is 10.2 Å². The van der Waals surface area contributed by atoms with Gasteiger partial charge in [0.25, 0.3) is 5.91 Å². The molecule has 4 heteroatoms. The third-order valence-electron chi connectivity index (χ3n) is 3.00. The van der Waals surface area contributed by atoms with E-state index in [1.54, 1.807) is 37.3 Å². The molecule has 0 bridgehead atoms. The molecule has 0 aromatic heterocycles. The number of halogens is 1.